The summed E-state index contributed by atoms with van der Waals surface area (Å²) < 4.78 is 38.7. The standard InChI is InChI=1S/C32H32F2N2O4/c33-27-13-9-23(10-14-27)21-39-30-7-3-1-5-25(30)19-36(18-17-29(35)32(37)38)20-26-6-2-4-8-31(26)40-22-24-11-15-28(34)16-12-24/h1-16,29H,17-22,35H2,(H,37,38). The number of hydrogen-bond acceptors (Lipinski definition) is 5. The van der Waals surface area contributed by atoms with Crippen molar-refractivity contribution in [2.75, 3.05) is 6.54 Å². The number of aliphatic carboxylic acids is 1. The van der Waals surface area contributed by atoms with Gasteiger partial charge in [-0.05, 0) is 53.9 Å². The molecular weight excluding hydrogens is 514 g/mol. The van der Waals surface area contributed by atoms with Crippen molar-refractivity contribution in [2.24, 2.45) is 5.73 Å². The van der Waals surface area contributed by atoms with Crippen molar-refractivity contribution in [3.63, 3.8) is 0 Å². The number of rotatable bonds is 14. The van der Waals surface area contributed by atoms with E-state index >= 15 is 0 Å². The van der Waals surface area contributed by atoms with Crippen LogP contribution in [0.25, 0.3) is 0 Å². The Kier molecular flexibility index (Phi) is 10.2. The Morgan fingerprint density at radius 1 is 0.725 bits per heavy atom. The van der Waals surface area contributed by atoms with Crippen LogP contribution in [0.2, 0.25) is 0 Å². The summed E-state index contributed by atoms with van der Waals surface area (Å²) in [5.41, 5.74) is 9.34. The second-order valence-corrected chi connectivity index (χ2v) is 9.49. The number of nitrogens with zero attached hydrogens (tertiary/aromatic N) is 1. The molecule has 0 radical (unpaired) electrons. The zero-order chi connectivity index (χ0) is 28.3. The van der Waals surface area contributed by atoms with Crippen molar-refractivity contribution in [3.05, 3.63) is 131 Å². The number of ether oxygens (including phenoxy) is 2. The van der Waals surface area contributed by atoms with Gasteiger partial charge in [0, 0.05) is 30.8 Å². The van der Waals surface area contributed by atoms with Crippen molar-refractivity contribution in [3.8, 4) is 11.5 Å². The molecule has 0 aliphatic carbocycles. The van der Waals surface area contributed by atoms with Crippen LogP contribution >= 0.6 is 0 Å². The Morgan fingerprint density at radius 3 is 1.57 bits per heavy atom. The quantitative estimate of drug-likeness (QED) is 0.204. The number of hydrogen-bond donors (Lipinski definition) is 2. The maximum atomic E-state index is 13.3. The minimum Gasteiger partial charge on any atom is -0.489 e. The summed E-state index contributed by atoms with van der Waals surface area (Å²) in [4.78, 5) is 13.5. The minimum atomic E-state index is -1.05. The molecule has 0 fully saturated rings. The molecule has 0 bridgehead atoms. The summed E-state index contributed by atoms with van der Waals surface area (Å²) >= 11 is 0. The van der Waals surface area contributed by atoms with E-state index in [2.05, 4.69) is 4.90 Å². The van der Waals surface area contributed by atoms with Crippen LogP contribution in [-0.4, -0.2) is 28.6 Å². The zero-order valence-electron chi connectivity index (χ0n) is 22.0. The molecular formula is C32H32F2N2O4. The van der Waals surface area contributed by atoms with Gasteiger partial charge in [-0.3, -0.25) is 9.69 Å². The lowest BCUT2D eigenvalue weighted by Crippen LogP contribution is -2.35. The number of nitrogens with two attached hydrogens (primary N) is 1. The van der Waals surface area contributed by atoms with E-state index in [1.54, 1.807) is 24.3 Å². The van der Waals surface area contributed by atoms with E-state index in [0.717, 1.165) is 22.3 Å². The molecule has 0 heterocycles. The maximum Gasteiger partial charge on any atom is 0.320 e. The number of carboxylic acids is 1. The monoisotopic (exact) mass is 546 g/mol. The third kappa shape index (κ3) is 8.62. The summed E-state index contributed by atoms with van der Waals surface area (Å²) in [6.45, 7) is 1.92. The maximum absolute atomic E-state index is 13.3. The normalized spacial score (nSPS) is 11.8. The fourth-order valence-corrected chi connectivity index (χ4v) is 4.17. The molecule has 1 atom stereocenters. The van der Waals surface area contributed by atoms with E-state index in [1.807, 2.05) is 48.5 Å². The van der Waals surface area contributed by atoms with Crippen LogP contribution in [0.3, 0.4) is 0 Å². The second kappa shape index (κ2) is 14.2. The fourth-order valence-electron chi connectivity index (χ4n) is 4.17. The molecule has 4 rings (SSSR count). The minimum absolute atomic E-state index is 0.256. The molecule has 0 aromatic heterocycles. The molecule has 0 spiro atoms. The smallest absolute Gasteiger partial charge is 0.320 e. The van der Waals surface area contributed by atoms with Gasteiger partial charge in [0.15, 0.2) is 0 Å². The topological polar surface area (TPSA) is 85.0 Å². The van der Waals surface area contributed by atoms with Gasteiger partial charge >= 0.3 is 5.97 Å². The van der Waals surface area contributed by atoms with Crippen molar-refractivity contribution < 1.29 is 28.2 Å². The number of para-hydroxylation sites is 2. The molecule has 6 nitrogen and oxygen atoms in total. The largest absolute Gasteiger partial charge is 0.489 e. The summed E-state index contributed by atoms with van der Waals surface area (Å²) in [6.07, 6.45) is 0.256. The Morgan fingerprint density at radius 2 is 1.15 bits per heavy atom. The molecule has 0 aliphatic rings. The molecule has 0 saturated heterocycles. The first-order valence-electron chi connectivity index (χ1n) is 13.0. The molecule has 0 aliphatic heterocycles. The van der Waals surface area contributed by atoms with Crippen molar-refractivity contribution in [2.45, 2.75) is 38.8 Å². The Balaban J connectivity index is 1.50. The number of carboxylic acid groups (broad SMARTS) is 1. The molecule has 0 saturated carbocycles. The van der Waals surface area contributed by atoms with Gasteiger partial charge in [-0.15, -0.1) is 0 Å². The molecule has 208 valence electrons. The van der Waals surface area contributed by atoms with Crippen LogP contribution in [0.5, 0.6) is 11.5 Å². The first-order valence-corrected chi connectivity index (χ1v) is 13.0. The van der Waals surface area contributed by atoms with E-state index in [0.29, 0.717) is 31.1 Å². The lowest BCUT2D eigenvalue weighted by Gasteiger charge is -2.25. The van der Waals surface area contributed by atoms with Crippen LogP contribution in [0.4, 0.5) is 8.78 Å². The zero-order valence-corrected chi connectivity index (χ0v) is 22.0. The predicted octanol–water partition coefficient (Wildman–Crippen LogP) is 5.93. The van der Waals surface area contributed by atoms with E-state index in [9.17, 15) is 18.7 Å². The first kappa shape index (κ1) is 28.7. The third-order valence-electron chi connectivity index (χ3n) is 6.42. The highest BCUT2D eigenvalue weighted by molar-refractivity contribution is 5.73. The molecule has 4 aromatic rings. The van der Waals surface area contributed by atoms with Crippen LogP contribution in [0.1, 0.15) is 28.7 Å². The highest BCUT2D eigenvalue weighted by Gasteiger charge is 2.18. The number of halogens is 2. The van der Waals surface area contributed by atoms with Gasteiger partial charge in [0.05, 0.1) is 0 Å². The lowest BCUT2D eigenvalue weighted by atomic mass is 10.1. The van der Waals surface area contributed by atoms with E-state index in [-0.39, 0.29) is 31.3 Å². The number of benzene rings is 4. The van der Waals surface area contributed by atoms with Crippen molar-refractivity contribution in [1.29, 1.82) is 0 Å². The average Bonchev–Trinajstić information content (AvgIpc) is 2.96. The Hall–Kier alpha value is -4.27. The predicted molar refractivity (Wildman–Crippen MR) is 149 cm³/mol. The van der Waals surface area contributed by atoms with Crippen molar-refractivity contribution in [1.82, 2.24) is 4.90 Å². The second-order valence-electron chi connectivity index (χ2n) is 9.49. The molecule has 3 N–H and O–H groups in total. The molecule has 40 heavy (non-hydrogen) atoms. The van der Waals surface area contributed by atoms with Crippen LogP contribution in [0.15, 0.2) is 97.1 Å². The van der Waals surface area contributed by atoms with E-state index < -0.39 is 12.0 Å². The first-order chi connectivity index (χ1) is 19.4. The van der Waals surface area contributed by atoms with Gasteiger partial charge in [-0.1, -0.05) is 60.7 Å². The summed E-state index contributed by atoms with van der Waals surface area (Å²) in [6, 6.07) is 26.6. The van der Waals surface area contributed by atoms with Crippen LogP contribution in [-0.2, 0) is 31.1 Å². The van der Waals surface area contributed by atoms with E-state index in [1.165, 1.54) is 24.3 Å². The van der Waals surface area contributed by atoms with Gasteiger partial charge < -0.3 is 20.3 Å². The summed E-state index contributed by atoms with van der Waals surface area (Å²) in [5, 5.41) is 9.32. The van der Waals surface area contributed by atoms with Gasteiger partial charge in [0.1, 0.15) is 42.4 Å². The molecule has 4 aromatic carbocycles. The number of carbonyl (C=O) groups is 1. The van der Waals surface area contributed by atoms with Crippen LogP contribution < -0.4 is 15.2 Å². The van der Waals surface area contributed by atoms with E-state index in [4.69, 9.17) is 15.2 Å². The van der Waals surface area contributed by atoms with Crippen LogP contribution in [0, 0.1) is 11.6 Å². The molecule has 1 unspecified atom stereocenters. The SMILES string of the molecule is NC(CCN(Cc1ccccc1OCc1ccc(F)cc1)Cc1ccccc1OCc1ccc(F)cc1)C(=O)O. The van der Waals surface area contributed by atoms with Gasteiger partial charge in [0.25, 0.3) is 0 Å². The fraction of sp³-hybridized carbons (Fsp3) is 0.219. The molecule has 0 amide bonds. The highest BCUT2D eigenvalue weighted by Crippen LogP contribution is 2.26. The lowest BCUT2D eigenvalue weighted by molar-refractivity contribution is -0.138. The third-order valence-corrected chi connectivity index (χ3v) is 6.42. The Bertz CT molecular complexity index is 1290. The average molecular weight is 547 g/mol. The summed E-state index contributed by atoms with van der Waals surface area (Å²) in [5.74, 6) is -0.297. The molecule has 8 heteroatoms. The Labute approximate surface area is 232 Å². The van der Waals surface area contributed by atoms with Gasteiger partial charge in [-0.2, -0.15) is 0 Å². The van der Waals surface area contributed by atoms with Crippen molar-refractivity contribution >= 4 is 5.97 Å². The summed E-state index contributed by atoms with van der Waals surface area (Å²) in [7, 11) is 0. The van der Waals surface area contributed by atoms with Gasteiger partial charge in [-0.25, -0.2) is 8.78 Å². The highest BCUT2D eigenvalue weighted by atomic mass is 19.1. The van der Waals surface area contributed by atoms with Gasteiger partial charge in [0.2, 0.25) is 0 Å².